The predicted molar refractivity (Wildman–Crippen MR) is 97.4 cm³/mol. The van der Waals surface area contributed by atoms with Gasteiger partial charge in [0.2, 0.25) is 0 Å². The smallest absolute Gasteiger partial charge is 0.340 e. The number of hydrogen-bond acceptors (Lipinski definition) is 6. The second-order valence-corrected chi connectivity index (χ2v) is 5.83. The molecule has 2 aromatic carbocycles. The Morgan fingerprint density at radius 3 is 2.50 bits per heavy atom. The number of anilines is 1. The first kappa shape index (κ1) is 20.8. The van der Waals surface area contributed by atoms with Gasteiger partial charge in [-0.15, -0.1) is 0 Å². The number of halogens is 2. The average molecular weight is 406 g/mol. The summed E-state index contributed by atoms with van der Waals surface area (Å²) < 4.78 is 18.0. The lowest BCUT2D eigenvalue weighted by atomic mass is 10.2. The van der Waals surface area contributed by atoms with Gasteiger partial charge in [-0.05, 0) is 30.3 Å². The highest BCUT2D eigenvalue weighted by atomic mass is 35.5. The number of nitro benzene ring substituents is 1. The molecule has 0 unspecified atom stereocenters. The van der Waals surface area contributed by atoms with E-state index in [0.29, 0.717) is 5.69 Å². The minimum atomic E-state index is -0.937. The maximum absolute atomic E-state index is 13.1. The van der Waals surface area contributed by atoms with Gasteiger partial charge in [0.1, 0.15) is 5.82 Å². The van der Waals surface area contributed by atoms with Crippen LogP contribution in [0.5, 0.6) is 0 Å². The number of amides is 1. The van der Waals surface area contributed by atoms with Crippen LogP contribution in [-0.4, -0.2) is 30.0 Å². The highest BCUT2D eigenvalue weighted by Gasteiger charge is 2.20. The molecule has 0 bridgehead atoms. The van der Waals surface area contributed by atoms with Crippen molar-refractivity contribution in [2.75, 3.05) is 18.1 Å². The summed E-state index contributed by atoms with van der Waals surface area (Å²) in [5.74, 6) is -2.06. The highest BCUT2D eigenvalue weighted by Crippen LogP contribution is 2.23. The van der Waals surface area contributed by atoms with Crippen molar-refractivity contribution in [1.82, 2.24) is 0 Å². The van der Waals surface area contributed by atoms with E-state index in [1.807, 2.05) is 6.07 Å². The van der Waals surface area contributed by atoms with Crippen molar-refractivity contribution in [3.63, 3.8) is 0 Å². The standard InChI is InChI=1S/C18H13ClFN3O5/c19-16-10-14(23(26)27)6-7-15(16)18(25)28-11-17(24)22(9-1-8-21)13-4-2-12(20)3-5-13/h2-7,10H,1,9,11H2. The molecule has 0 saturated heterocycles. The minimum absolute atomic E-state index is 0.0191. The van der Waals surface area contributed by atoms with E-state index in [4.69, 9.17) is 21.6 Å². The number of ether oxygens (including phenoxy) is 1. The lowest BCUT2D eigenvalue weighted by molar-refractivity contribution is -0.384. The van der Waals surface area contributed by atoms with Crippen LogP contribution in [0.3, 0.4) is 0 Å². The van der Waals surface area contributed by atoms with Gasteiger partial charge < -0.3 is 9.64 Å². The van der Waals surface area contributed by atoms with E-state index >= 15 is 0 Å². The van der Waals surface area contributed by atoms with E-state index in [-0.39, 0.29) is 29.2 Å². The van der Waals surface area contributed by atoms with Gasteiger partial charge in [-0.25, -0.2) is 9.18 Å². The highest BCUT2D eigenvalue weighted by molar-refractivity contribution is 6.33. The van der Waals surface area contributed by atoms with Crippen LogP contribution in [0.25, 0.3) is 0 Å². The van der Waals surface area contributed by atoms with E-state index in [1.165, 1.54) is 17.0 Å². The summed E-state index contributed by atoms with van der Waals surface area (Å²) in [6, 6.07) is 10.1. The van der Waals surface area contributed by atoms with Gasteiger partial charge in [-0.1, -0.05) is 11.6 Å². The Hall–Kier alpha value is -3.51. The third-order valence-corrected chi connectivity index (χ3v) is 3.91. The van der Waals surface area contributed by atoms with Crippen molar-refractivity contribution in [2.45, 2.75) is 6.42 Å². The lowest BCUT2D eigenvalue weighted by Gasteiger charge is -2.21. The van der Waals surface area contributed by atoms with Gasteiger partial charge in [0.25, 0.3) is 11.6 Å². The third kappa shape index (κ3) is 5.25. The number of rotatable bonds is 7. The van der Waals surface area contributed by atoms with Crippen LogP contribution in [0.4, 0.5) is 15.8 Å². The number of non-ortho nitro benzene ring substituents is 1. The van der Waals surface area contributed by atoms with Gasteiger partial charge in [0, 0.05) is 24.4 Å². The van der Waals surface area contributed by atoms with E-state index < -0.39 is 29.2 Å². The van der Waals surface area contributed by atoms with Crippen LogP contribution in [0, 0.1) is 27.3 Å². The Bertz CT molecular complexity index is 943. The van der Waals surface area contributed by atoms with E-state index in [2.05, 4.69) is 0 Å². The summed E-state index contributed by atoms with van der Waals surface area (Å²) in [4.78, 5) is 35.8. The predicted octanol–water partition coefficient (Wildman–Crippen LogP) is 3.49. The van der Waals surface area contributed by atoms with Crippen LogP contribution in [0.1, 0.15) is 16.8 Å². The second kappa shape index (κ2) is 9.43. The van der Waals surface area contributed by atoms with Crippen molar-refractivity contribution in [2.24, 2.45) is 0 Å². The fourth-order valence-electron chi connectivity index (χ4n) is 2.25. The van der Waals surface area contributed by atoms with E-state index in [0.717, 1.165) is 30.3 Å². The van der Waals surface area contributed by atoms with Crippen molar-refractivity contribution in [3.8, 4) is 6.07 Å². The van der Waals surface area contributed by atoms with Crippen molar-refractivity contribution in [3.05, 3.63) is 69.0 Å². The summed E-state index contributed by atoms with van der Waals surface area (Å²) in [6.45, 7) is -0.633. The largest absolute Gasteiger partial charge is 0.452 e. The number of carbonyl (C=O) groups is 2. The number of esters is 1. The summed E-state index contributed by atoms with van der Waals surface area (Å²) in [7, 11) is 0. The van der Waals surface area contributed by atoms with Gasteiger partial charge in [0.15, 0.2) is 6.61 Å². The summed E-state index contributed by atoms with van der Waals surface area (Å²) in [5, 5.41) is 19.3. The first-order valence-electron chi connectivity index (χ1n) is 7.87. The Morgan fingerprint density at radius 2 is 1.93 bits per heavy atom. The summed E-state index contributed by atoms with van der Waals surface area (Å²) in [5.41, 5.74) is -0.0897. The van der Waals surface area contributed by atoms with E-state index in [1.54, 1.807) is 0 Å². The molecule has 10 heteroatoms. The van der Waals surface area contributed by atoms with Crippen LogP contribution < -0.4 is 4.90 Å². The first-order chi connectivity index (χ1) is 13.3. The normalized spacial score (nSPS) is 10.0. The Balaban J connectivity index is 2.09. The number of nitrogens with zero attached hydrogens (tertiary/aromatic N) is 3. The van der Waals surface area contributed by atoms with Crippen LogP contribution >= 0.6 is 11.6 Å². The third-order valence-electron chi connectivity index (χ3n) is 3.60. The Labute approximate surface area is 163 Å². The molecule has 0 radical (unpaired) electrons. The zero-order valence-corrected chi connectivity index (χ0v) is 15.1. The molecule has 0 saturated carbocycles. The van der Waals surface area contributed by atoms with Gasteiger partial charge in [-0.3, -0.25) is 14.9 Å². The summed E-state index contributed by atoms with van der Waals surface area (Å²) >= 11 is 5.85. The molecular weight excluding hydrogens is 393 g/mol. The molecule has 2 aromatic rings. The molecule has 0 N–H and O–H groups in total. The van der Waals surface area contributed by atoms with Crippen LogP contribution in [0.2, 0.25) is 5.02 Å². The molecule has 0 atom stereocenters. The molecule has 0 aromatic heterocycles. The fraction of sp³-hybridized carbons (Fsp3) is 0.167. The molecule has 0 aliphatic carbocycles. The molecule has 144 valence electrons. The number of benzene rings is 2. The molecular formula is C18H13ClFN3O5. The average Bonchev–Trinajstić information content (AvgIpc) is 2.67. The molecule has 1 amide bonds. The Morgan fingerprint density at radius 1 is 1.25 bits per heavy atom. The molecule has 8 nitrogen and oxygen atoms in total. The zero-order valence-electron chi connectivity index (χ0n) is 14.3. The van der Waals surface area contributed by atoms with Crippen molar-refractivity contribution >= 4 is 34.9 Å². The van der Waals surface area contributed by atoms with Crippen LogP contribution in [0.15, 0.2) is 42.5 Å². The summed E-state index contributed by atoms with van der Waals surface area (Å²) in [6.07, 6.45) is 0.0191. The number of nitriles is 1. The first-order valence-corrected chi connectivity index (χ1v) is 8.25. The molecule has 0 aliphatic rings. The number of hydrogen-bond donors (Lipinski definition) is 0. The fourth-order valence-corrected chi connectivity index (χ4v) is 2.50. The van der Waals surface area contributed by atoms with E-state index in [9.17, 15) is 24.1 Å². The van der Waals surface area contributed by atoms with Crippen LogP contribution in [-0.2, 0) is 9.53 Å². The molecule has 2 rings (SSSR count). The molecule has 0 aliphatic heterocycles. The van der Waals surface area contributed by atoms with Gasteiger partial charge >= 0.3 is 5.97 Å². The quantitative estimate of drug-likeness (QED) is 0.395. The van der Waals surface area contributed by atoms with Gasteiger partial charge in [0.05, 0.1) is 28.0 Å². The Kier molecular flexibility index (Phi) is 7.01. The van der Waals surface area contributed by atoms with Gasteiger partial charge in [-0.2, -0.15) is 5.26 Å². The molecule has 28 heavy (non-hydrogen) atoms. The SMILES string of the molecule is N#CCCN(C(=O)COC(=O)c1ccc([N+](=O)[O-])cc1Cl)c1ccc(F)cc1. The topological polar surface area (TPSA) is 114 Å². The second-order valence-electron chi connectivity index (χ2n) is 5.43. The van der Waals surface area contributed by atoms with Crippen molar-refractivity contribution < 1.29 is 23.6 Å². The monoisotopic (exact) mass is 405 g/mol. The maximum Gasteiger partial charge on any atom is 0.340 e. The maximum atomic E-state index is 13.1. The molecule has 0 fully saturated rings. The number of nitro groups is 1. The molecule has 0 spiro atoms. The van der Waals surface area contributed by atoms with Crippen molar-refractivity contribution in [1.29, 1.82) is 5.26 Å². The number of carbonyl (C=O) groups excluding carboxylic acids is 2. The zero-order chi connectivity index (χ0) is 20.7. The lowest BCUT2D eigenvalue weighted by Crippen LogP contribution is -2.35. The molecule has 0 heterocycles. The minimum Gasteiger partial charge on any atom is -0.452 e.